The van der Waals surface area contributed by atoms with Crippen LogP contribution in [0.1, 0.15) is 30.9 Å². The molecule has 6 nitrogen and oxygen atoms in total. The quantitative estimate of drug-likeness (QED) is 0.236. The Hall–Kier alpha value is -3.64. The highest BCUT2D eigenvalue weighted by atomic mass is 16.5. The number of aliphatic hydroxyl groups excluding tert-OH is 1. The molecule has 4 aromatic rings. The summed E-state index contributed by atoms with van der Waals surface area (Å²) in [5.74, 6) is -0.923. The minimum absolute atomic E-state index is 0.162. The molecular weight excluding hydrogens is 390 g/mol. The monoisotopic (exact) mass is 415 g/mol. The molecular formula is C25H25N3O3. The fourth-order valence-corrected chi connectivity index (χ4v) is 3.91. The zero-order valence-corrected chi connectivity index (χ0v) is 17.6. The number of pyridine rings is 1. The molecule has 31 heavy (non-hydrogen) atoms. The van der Waals surface area contributed by atoms with Gasteiger partial charge in [0.1, 0.15) is 0 Å². The normalized spacial score (nSPS) is 12.1. The maximum Gasteiger partial charge on any atom is 0.313 e. The van der Waals surface area contributed by atoms with Gasteiger partial charge in [0, 0.05) is 27.7 Å². The molecule has 0 amide bonds. The van der Waals surface area contributed by atoms with Crippen LogP contribution < -0.4 is 11.1 Å². The van der Waals surface area contributed by atoms with Gasteiger partial charge in [-0.05, 0) is 43.7 Å². The van der Waals surface area contributed by atoms with Crippen LogP contribution in [-0.2, 0) is 16.1 Å². The van der Waals surface area contributed by atoms with E-state index >= 15 is 0 Å². The number of anilines is 3. The number of esters is 1. The van der Waals surface area contributed by atoms with Crippen molar-refractivity contribution in [1.29, 1.82) is 0 Å². The highest BCUT2D eigenvalue weighted by Crippen LogP contribution is 2.38. The lowest BCUT2D eigenvalue weighted by atomic mass is 9.95. The van der Waals surface area contributed by atoms with Crippen LogP contribution in [0.4, 0.5) is 17.1 Å². The number of carbonyl (C=O) groups is 1. The second-order valence-electron chi connectivity index (χ2n) is 7.42. The third kappa shape index (κ3) is 3.90. The topological polar surface area (TPSA) is 97.5 Å². The summed E-state index contributed by atoms with van der Waals surface area (Å²) in [6.07, 6.45) is 0. The first kappa shape index (κ1) is 20.6. The van der Waals surface area contributed by atoms with Gasteiger partial charge in [0.25, 0.3) is 0 Å². The largest absolute Gasteiger partial charge is 0.466 e. The van der Waals surface area contributed by atoms with Crippen molar-refractivity contribution >= 4 is 44.8 Å². The van der Waals surface area contributed by atoms with Gasteiger partial charge in [-0.15, -0.1) is 0 Å². The van der Waals surface area contributed by atoms with Gasteiger partial charge < -0.3 is 20.9 Å². The summed E-state index contributed by atoms with van der Waals surface area (Å²) >= 11 is 0. The Morgan fingerprint density at radius 1 is 1.10 bits per heavy atom. The first-order valence-electron chi connectivity index (χ1n) is 10.3. The first-order chi connectivity index (χ1) is 15.0. The van der Waals surface area contributed by atoms with Crippen LogP contribution in [0.3, 0.4) is 0 Å². The average Bonchev–Trinajstić information content (AvgIpc) is 2.78. The van der Waals surface area contributed by atoms with E-state index in [2.05, 4.69) is 5.32 Å². The van der Waals surface area contributed by atoms with Crippen LogP contribution in [-0.4, -0.2) is 22.7 Å². The maximum atomic E-state index is 12.5. The number of aliphatic hydroxyl groups is 1. The number of fused-ring (bicyclic) bond motifs is 2. The van der Waals surface area contributed by atoms with Crippen molar-refractivity contribution in [2.75, 3.05) is 17.7 Å². The Morgan fingerprint density at radius 2 is 1.71 bits per heavy atom. The molecule has 1 aromatic heterocycles. The molecule has 1 unspecified atom stereocenters. The summed E-state index contributed by atoms with van der Waals surface area (Å²) in [6, 6.07) is 19.3. The minimum atomic E-state index is -0.574. The van der Waals surface area contributed by atoms with Crippen LogP contribution in [0.5, 0.6) is 0 Å². The smallest absolute Gasteiger partial charge is 0.313 e. The number of nitrogen functional groups attached to an aromatic ring is 1. The molecule has 4 N–H and O–H groups in total. The van der Waals surface area contributed by atoms with E-state index in [-0.39, 0.29) is 12.6 Å². The number of carbonyl (C=O) groups excluding carboxylic acids is 1. The minimum Gasteiger partial charge on any atom is -0.466 e. The maximum absolute atomic E-state index is 12.5. The number of nitrogens with zero attached hydrogens (tertiary/aromatic N) is 1. The number of para-hydroxylation sites is 2. The van der Waals surface area contributed by atoms with Gasteiger partial charge in [-0.2, -0.15) is 0 Å². The van der Waals surface area contributed by atoms with E-state index in [1.165, 1.54) is 0 Å². The molecule has 0 fully saturated rings. The predicted octanol–water partition coefficient (Wildman–Crippen LogP) is 4.87. The number of nitrogens with one attached hydrogen (secondary N) is 1. The summed E-state index contributed by atoms with van der Waals surface area (Å²) in [5.41, 5.74) is 11.3. The second kappa shape index (κ2) is 8.62. The lowest BCUT2D eigenvalue weighted by Crippen LogP contribution is -2.16. The molecule has 1 heterocycles. The Morgan fingerprint density at radius 3 is 2.29 bits per heavy atom. The van der Waals surface area contributed by atoms with Crippen LogP contribution in [0.2, 0.25) is 0 Å². The molecule has 0 saturated carbocycles. The Bertz CT molecular complexity index is 1220. The van der Waals surface area contributed by atoms with Crippen molar-refractivity contribution in [1.82, 2.24) is 4.98 Å². The lowest BCUT2D eigenvalue weighted by Gasteiger charge is -2.21. The molecule has 0 aliphatic rings. The summed E-state index contributed by atoms with van der Waals surface area (Å²) in [5, 5.41) is 15.1. The van der Waals surface area contributed by atoms with E-state index in [4.69, 9.17) is 15.5 Å². The van der Waals surface area contributed by atoms with Crippen molar-refractivity contribution in [3.63, 3.8) is 0 Å². The fraction of sp³-hybridized carbons (Fsp3) is 0.200. The number of aromatic nitrogens is 1. The molecule has 0 aliphatic heterocycles. The Labute approximate surface area is 180 Å². The molecule has 0 radical (unpaired) electrons. The number of hydrogen-bond donors (Lipinski definition) is 3. The van der Waals surface area contributed by atoms with Crippen molar-refractivity contribution in [2.24, 2.45) is 0 Å². The van der Waals surface area contributed by atoms with E-state index in [0.717, 1.165) is 27.5 Å². The fourth-order valence-electron chi connectivity index (χ4n) is 3.91. The standard InChI is InChI=1S/C25H25N3O3/c1-3-31-25(30)15(2)23-19(26)12-16(14-29)13-22(23)28-24-17-8-4-6-10-20(17)27-21-11-7-5-9-18(21)24/h4-13,15,29H,3,14,26H2,1-2H3,(H,27,28). The van der Waals surface area contributed by atoms with Gasteiger partial charge in [-0.3, -0.25) is 4.79 Å². The number of hydrogen-bond acceptors (Lipinski definition) is 6. The van der Waals surface area contributed by atoms with E-state index in [1.54, 1.807) is 19.9 Å². The van der Waals surface area contributed by atoms with Gasteiger partial charge in [0.05, 0.1) is 35.9 Å². The van der Waals surface area contributed by atoms with Crippen molar-refractivity contribution in [3.05, 3.63) is 71.8 Å². The summed E-state index contributed by atoms with van der Waals surface area (Å²) in [7, 11) is 0. The lowest BCUT2D eigenvalue weighted by molar-refractivity contribution is -0.144. The molecule has 0 saturated heterocycles. The number of nitrogens with two attached hydrogens (primary N) is 1. The summed E-state index contributed by atoms with van der Waals surface area (Å²) < 4.78 is 5.23. The SMILES string of the molecule is CCOC(=O)C(C)c1c(N)cc(CO)cc1Nc1c2ccccc2nc2ccccc12. The summed E-state index contributed by atoms with van der Waals surface area (Å²) in [6.45, 7) is 3.68. The van der Waals surface area contributed by atoms with Gasteiger partial charge >= 0.3 is 5.97 Å². The highest BCUT2D eigenvalue weighted by molar-refractivity contribution is 6.09. The van der Waals surface area contributed by atoms with Crippen LogP contribution in [0, 0.1) is 0 Å². The molecule has 3 aromatic carbocycles. The molecule has 4 rings (SSSR count). The molecule has 0 aliphatic carbocycles. The van der Waals surface area contributed by atoms with Crippen molar-refractivity contribution in [3.8, 4) is 0 Å². The molecule has 0 bridgehead atoms. The Kier molecular flexibility index (Phi) is 5.73. The van der Waals surface area contributed by atoms with E-state index in [9.17, 15) is 9.90 Å². The zero-order chi connectivity index (χ0) is 22.0. The van der Waals surface area contributed by atoms with Crippen molar-refractivity contribution in [2.45, 2.75) is 26.4 Å². The molecule has 158 valence electrons. The average molecular weight is 415 g/mol. The highest BCUT2D eigenvalue weighted by Gasteiger charge is 2.24. The second-order valence-corrected chi connectivity index (χ2v) is 7.42. The van der Waals surface area contributed by atoms with Gasteiger partial charge in [0.2, 0.25) is 0 Å². The molecule has 6 heteroatoms. The molecule has 0 spiro atoms. The number of ether oxygens (including phenoxy) is 1. The third-order valence-electron chi connectivity index (χ3n) is 5.37. The van der Waals surface area contributed by atoms with E-state index in [1.807, 2.05) is 54.6 Å². The molecule has 1 atom stereocenters. The number of benzene rings is 3. The van der Waals surface area contributed by atoms with E-state index in [0.29, 0.717) is 29.1 Å². The van der Waals surface area contributed by atoms with Crippen LogP contribution >= 0.6 is 0 Å². The van der Waals surface area contributed by atoms with Gasteiger partial charge in [-0.25, -0.2) is 4.98 Å². The predicted molar refractivity (Wildman–Crippen MR) is 124 cm³/mol. The number of rotatable bonds is 6. The zero-order valence-electron chi connectivity index (χ0n) is 17.6. The first-order valence-corrected chi connectivity index (χ1v) is 10.3. The van der Waals surface area contributed by atoms with Crippen LogP contribution in [0.15, 0.2) is 60.7 Å². The summed E-state index contributed by atoms with van der Waals surface area (Å²) in [4.78, 5) is 17.3. The van der Waals surface area contributed by atoms with E-state index < -0.39 is 5.92 Å². The van der Waals surface area contributed by atoms with Gasteiger partial charge in [0.15, 0.2) is 0 Å². The van der Waals surface area contributed by atoms with Gasteiger partial charge in [-0.1, -0.05) is 36.4 Å². The van der Waals surface area contributed by atoms with Crippen molar-refractivity contribution < 1.29 is 14.6 Å². The Balaban J connectivity index is 1.94. The third-order valence-corrected chi connectivity index (χ3v) is 5.37. The van der Waals surface area contributed by atoms with Crippen LogP contribution in [0.25, 0.3) is 21.8 Å².